The van der Waals surface area contributed by atoms with Gasteiger partial charge < -0.3 is 4.90 Å². The summed E-state index contributed by atoms with van der Waals surface area (Å²) in [5.41, 5.74) is -4.04. The molecule has 1 aliphatic heterocycles. The topological polar surface area (TPSA) is 46.1 Å². The van der Waals surface area contributed by atoms with Crippen LogP contribution in [-0.4, -0.2) is 35.0 Å². The largest absolute Gasteiger partial charge is 0.433 e. The van der Waals surface area contributed by atoms with E-state index in [9.17, 15) is 31.1 Å². The van der Waals surface area contributed by atoms with Crippen molar-refractivity contribution in [2.75, 3.05) is 18.0 Å². The SMILES string of the molecule is O=C(CCc1cnc(N2CCC(c3cc(Cl)c(Cl)c(Cl)c3)(C(F)(F)F)C2)nc1C(F)(F)F)c1ccccc1. The van der Waals surface area contributed by atoms with Gasteiger partial charge in [0, 0.05) is 36.8 Å². The minimum atomic E-state index is -4.92. The predicted molar refractivity (Wildman–Crippen MR) is 132 cm³/mol. The van der Waals surface area contributed by atoms with E-state index in [4.69, 9.17) is 34.8 Å². The summed E-state index contributed by atoms with van der Waals surface area (Å²) in [4.78, 5) is 20.9. The molecule has 2 aromatic carbocycles. The van der Waals surface area contributed by atoms with Crippen LogP contribution in [0.2, 0.25) is 15.1 Å². The zero-order valence-corrected chi connectivity index (χ0v) is 21.6. The molecule has 1 unspecified atom stereocenters. The summed E-state index contributed by atoms with van der Waals surface area (Å²) in [5, 5.41) is -0.466. The van der Waals surface area contributed by atoms with Gasteiger partial charge in [-0.25, -0.2) is 9.97 Å². The number of carbonyl (C=O) groups is 1. The number of halogens is 9. The van der Waals surface area contributed by atoms with E-state index in [-0.39, 0.29) is 51.4 Å². The van der Waals surface area contributed by atoms with E-state index >= 15 is 0 Å². The van der Waals surface area contributed by atoms with Gasteiger partial charge in [-0.05, 0) is 30.5 Å². The van der Waals surface area contributed by atoms with E-state index in [0.717, 1.165) is 23.2 Å². The van der Waals surface area contributed by atoms with Gasteiger partial charge in [0.05, 0.1) is 15.1 Å². The van der Waals surface area contributed by atoms with E-state index in [1.54, 1.807) is 30.3 Å². The number of alkyl halides is 6. The Morgan fingerprint density at radius 3 is 2.21 bits per heavy atom. The summed E-state index contributed by atoms with van der Waals surface area (Å²) in [6.45, 7) is -1.03. The lowest BCUT2D eigenvalue weighted by molar-refractivity contribution is -0.184. The summed E-state index contributed by atoms with van der Waals surface area (Å²) in [5.74, 6) is -0.870. The van der Waals surface area contributed by atoms with Crippen LogP contribution >= 0.6 is 34.8 Å². The van der Waals surface area contributed by atoms with Crippen LogP contribution in [0.1, 0.15) is 40.0 Å². The first-order valence-electron chi connectivity index (χ1n) is 11.2. The van der Waals surface area contributed by atoms with Crippen LogP contribution in [0.15, 0.2) is 48.7 Å². The third-order valence-corrected chi connectivity index (χ3v) is 7.67. The molecular weight excluding hydrogens is 579 g/mol. The summed E-state index contributed by atoms with van der Waals surface area (Å²) >= 11 is 17.8. The number of Topliss-reactive ketones (excluding diaryl/α,β-unsaturated/α-hetero) is 1. The number of rotatable bonds is 6. The van der Waals surface area contributed by atoms with Gasteiger partial charge in [-0.2, -0.15) is 26.3 Å². The van der Waals surface area contributed by atoms with Crippen molar-refractivity contribution in [1.29, 1.82) is 0 Å². The molecule has 1 atom stereocenters. The maximum atomic E-state index is 14.4. The highest BCUT2D eigenvalue weighted by Gasteiger charge is 2.59. The second-order valence-corrected chi connectivity index (χ2v) is 10.0. The molecular formula is C25H18Cl3F6N3O. The molecule has 0 aliphatic carbocycles. The zero-order valence-electron chi connectivity index (χ0n) is 19.3. The number of carbonyl (C=O) groups excluding carboxylic acids is 1. The van der Waals surface area contributed by atoms with Gasteiger partial charge in [0.2, 0.25) is 5.95 Å². The monoisotopic (exact) mass is 595 g/mol. The molecule has 1 aromatic heterocycles. The van der Waals surface area contributed by atoms with Crippen molar-refractivity contribution in [2.24, 2.45) is 0 Å². The summed E-state index contributed by atoms with van der Waals surface area (Å²) < 4.78 is 84.9. The molecule has 1 saturated heterocycles. The lowest BCUT2D eigenvalue weighted by Crippen LogP contribution is -2.45. The van der Waals surface area contributed by atoms with E-state index in [1.807, 2.05) is 0 Å². The molecule has 1 fully saturated rings. The number of benzene rings is 2. The fraction of sp³-hybridized carbons (Fsp3) is 0.320. The number of hydrogen-bond donors (Lipinski definition) is 0. The summed E-state index contributed by atoms with van der Waals surface area (Å²) in [6, 6.07) is 10.2. The number of ketones is 1. The van der Waals surface area contributed by atoms with E-state index in [0.29, 0.717) is 5.56 Å². The molecule has 4 nitrogen and oxygen atoms in total. The minimum Gasteiger partial charge on any atom is -0.340 e. The molecule has 3 aromatic rings. The second-order valence-electron chi connectivity index (χ2n) is 8.84. The van der Waals surface area contributed by atoms with E-state index < -0.39 is 42.4 Å². The number of nitrogens with zero attached hydrogens (tertiary/aromatic N) is 3. The molecule has 1 aliphatic rings. The van der Waals surface area contributed by atoms with Gasteiger partial charge in [0.25, 0.3) is 0 Å². The predicted octanol–water partition coefficient (Wildman–Crippen LogP) is 7.98. The third kappa shape index (κ3) is 5.58. The third-order valence-electron chi connectivity index (χ3n) is 6.47. The van der Waals surface area contributed by atoms with Crippen LogP contribution < -0.4 is 4.90 Å². The Hall–Kier alpha value is -2.56. The van der Waals surface area contributed by atoms with Crippen LogP contribution in [0.3, 0.4) is 0 Å². The normalized spacial score (nSPS) is 18.2. The number of hydrogen-bond acceptors (Lipinski definition) is 4. The molecule has 4 rings (SSSR count). The number of aryl methyl sites for hydroxylation is 1. The van der Waals surface area contributed by atoms with Crippen LogP contribution in [0.4, 0.5) is 32.3 Å². The highest BCUT2D eigenvalue weighted by Crippen LogP contribution is 2.50. The van der Waals surface area contributed by atoms with Gasteiger partial charge >= 0.3 is 12.4 Å². The molecule has 38 heavy (non-hydrogen) atoms. The summed E-state index contributed by atoms with van der Waals surface area (Å²) in [6.07, 6.45) is -9.82. The van der Waals surface area contributed by atoms with Crippen molar-refractivity contribution < 1.29 is 31.1 Å². The van der Waals surface area contributed by atoms with Gasteiger partial charge in [0.15, 0.2) is 11.5 Å². The molecule has 0 amide bonds. The first-order chi connectivity index (χ1) is 17.7. The molecule has 0 N–H and O–H groups in total. The number of anilines is 1. The zero-order chi connectivity index (χ0) is 27.9. The number of aromatic nitrogens is 2. The van der Waals surface area contributed by atoms with Crippen molar-refractivity contribution in [2.45, 2.75) is 37.0 Å². The van der Waals surface area contributed by atoms with Crippen LogP contribution in [0.5, 0.6) is 0 Å². The molecule has 202 valence electrons. The highest BCUT2D eigenvalue weighted by atomic mass is 35.5. The Labute approximate surface area is 228 Å². The molecule has 0 bridgehead atoms. The van der Waals surface area contributed by atoms with Gasteiger partial charge in [-0.3, -0.25) is 4.79 Å². The average molecular weight is 597 g/mol. The van der Waals surface area contributed by atoms with Crippen molar-refractivity contribution >= 4 is 46.5 Å². The van der Waals surface area contributed by atoms with Crippen molar-refractivity contribution in [3.05, 3.63) is 86.1 Å². The van der Waals surface area contributed by atoms with Crippen LogP contribution in [0.25, 0.3) is 0 Å². The Morgan fingerprint density at radius 1 is 1.00 bits per heavy atom. The van der Waals surface area contributed by atoms with Gasteiger partial charge in [-0.1, -0.05) is 65.1 Å². The Balaban J connectivity index is 1.64. The minimum absolute atomic E-state index is 0.108. The molecule has 0 saturated carbocycles. The van der Waals surface area contributed by atoms with Crippen molar-refractivity contribution in [3.63, 3.8) is 0 Å². The molecule has 0 radical (unpaired) electrons. The maximum absolute atomic E-state index is 14.4. The molecule has 2 heterocycles. The first kappa shape index (κ1) is 28.4. The first-order valence-corrected chi connectivity index (χ1v) is 12.3. The van der Waals surface area contributed by atoms with E-state index in [2.05, 4.69) is 9.97 Å². The van der Waals surface area contributed by atoms with Crippen LogP contribution in [0, 0.1) is 0 Å². The van der Waals surface area contributed by atoms with Crippen molar-refractivity contribution in [1.82, 2.24) is 9.97 Å². The fourth-order valence-corrected chi connectivity index (χ4v) is 5.03. The lowest BCUT2D eigenvalue weighted by atomic mass is 9.79. The van der Waals surface area contributed by atoms with Gasteiger partial charge in [0.1, 0.15) is 5.41 Å². The molecule has 13 heteroatoms. The average Bonchev–Trinajstić information content (AvgIpc) is 3.32. The maximum Gasteiger partial charge on any atom is 0.433 e. The Morgan fingerprint density at radius 2 is 1.63 bits per heavy atom. The van der Waals surface area contributed by atoms with Crippen molar-refractivity contribution in [3.8, 4) is 0 Å². The summed E-state index contributed by atoms with van der Waals surface area (Å²) in [7, 11) is 0. The quantitative estimate of drug-likeness (QED) is 0.164. The van der Waals surface area contributed by atoms with Gasteiger partial charge in [-0.15, -0.1) is 0 Å². The van der Waals surface area contributed by atoms with E-state index in [1.165, 1.54) is 0 Å². The highest BCUT2D eigenvalue weighted by molar-refractivity contribution is 6.48. The molecule has 0 spiro atoms. The van der Waals surface area contributed by atoms with Crippen LogP contribution in [-0.2, 0) is 18.0 Å². The smallest absolute Gasteiger partial charge is 0.340 e. The second kappa shape index (κ2) is 10.5. The standard InChI is InChI=1S/C25H18Cl3F6N3O/c26-17-10-16(11-18(27)20(17)28)23(25(32,33)34)8-9-37(13-23)22-35-12-15(21(36-22)24(29,30)31)6-7-19(38)14-4-2-1-3-5-14/h1-5,10-12H,6-9,13H2. The Kier molecular flexibility index (Phi) is 7.89. The Bertz CT molecular complexity index is 1330. The fourth-order valence-electron chi connectivity index (χ4n) is 4.44. The lowest BCUT2D eigenvalue weighted by Gasteiger charge is -2.32.